The summed E-state index contributed by atoms with van der Waals surface area (Å²) in [6.45, 7) is 6.15. The highest BCUT2D eigenvalue weighted by atomic mass is 127. The van der Waals surface area contributed by atoms with E-state index in [2.05, 4.69) is 31.6 Å². The molecule has 3 heterocycles. The summed E-state index contributed by atoms with van der Waals surface area (Å²) in [6.07, 6.45) is 8.08. The quantitative estimate of drug-likeness (QED) is 0.452. The smallest absolute Gasteiger partial charge is 0.191 e. The van der Waals surface area contributed by atoms with Gasteiger partial charge in [0.1, 0.15) is 11.6 Å². The van der Waals surface area contributed by atoms with E-state index in [1.807, 2.05) is 0 Å². The number of nitrogens with zero attached hydrogens (tertiary/aromatic N) is 5. The van der Waals surface area contributed by atoms with E-state index < -0.39 is 0 Å². The lowest BCUT2D eigenvalue weighted by Crippen LogP contribution is -2.42. The summed E-state index contributed by atoms with van der Waals surface area (Å²) in [6, 6.07) is 0. The maximum atomic E-state index is 6.13. The maximum absolute atomic E-state index is 6.13. The van der Waals surface area contributed by atoms with Gasteiger partial charge in [-0.1, -0.05) is 13.3 Å². The summed E-state index contributed by atoms with van der Waals surface area (Å²) < 4.78 is 2.29. The van der Waals surface area contributed by atoms with Crippen molar-refractivity contribution < 1.29 is 0 Å². The van der Waals surface area contributed by atoms with Crippen LogP contribution in [0.1, 0.15) is 50.7 Å². The Hall–Kier alpha value is -0.860. The van der Waals surface area contributed by atoms with Crippen LogP contribution < -0.4 is 5.73 Å². The van der Waals surface area contributed by atoms with Gasteiger partial charge in [-0.2, -0.15) is 0 Å². The first-order valence-electron chi connectivity index (χ1n) is 8.70. The maximum Gasteiger partial charge on any atom is 0.191 e. The number of fused-ring (bicyclic) bond motifs is 1. The van der Waals surface area contributed by atoms with Crippen LogP contribution in [0.25, 0.3) is 0 Å². The highest BCUT2D eigenvalue weighted by molar-refractivity contribution is 14.0. The molecule has 1 aromatic heterocycles. The third-order valence-electron chi connectivity index (χ3n) is 4.90. The zero-order valence-corrected chi connectivity index (χ0v) is 16.4. The molecule has 130 valence electrons. The normalized spacial score (nSPS) is 19.9. The Morgan fingerprint density at radius 3 is 2.74 bits per heavy atom. The van der Waals surface area contributed by atoms with Gasteiger partial charge >= 0.3 is 0 Å². The number of halogens is 1. The van der Waals surface area contributed by atoms with Gasteiger partial charge in [-0.3, -0.25) is 4.99 Å². The Kier molecular flexibility index (Phi) is 7.10. The van der Waals surface area contributed by atoms with Crippen molar-refractivity contribution in [3.05, 3.63) is 11.6 Å². The second kappa shape index (κ2) is 8.84. The minimum Gasteiger partial charge on any atom is -0.370 e. The Balaban J connectivity index is 0.00000192. The molecule has 1 saturated heterocycles. The van der Waals surface area contributed by atoms with E-state index in [4.69, 9.17) is 5.73 Å². The summed E-state index contributed by atoms with van der Waals surface area (Å²) in [4.78, 5) is 6.77. The molecule has 3 rings (SSSR count). The molecule has 2 aliphatic rings. The standard InChI is InChI=1S/C16H28N6.HI/c1-13-7-11-21(12-8-13)16(17)18-9-6-15-20-19-14-5-3-2-4-10-22(14)15;/h13H,2-12H2,1H3,(H2,17,18);1H. The number of rotatable bonds is 3. The number of piperidine rings is 1. The predicted molar refractivity (Wildman–Crippen MR) is 103 cm³/mol. The van der Waals surface area contributed by atoms with Gasteiger partial charge in [0.15, 0.2) is 5.96 Å². The van der Waals surface area contributed by atoms with Gasteiger partial charge in [0.2, 0.25) is 0 Å². The lowest BCUT2D eigenvalue weighted by molar-refractivity contribution is 0.277. The number of aryl methyl sites for hydroxylation is 1. The van der Waals surface area contributed by atoms with E-state index in [1.165, 1.54) is 32.1 Å². The number of likely N-dealkylation sites (tertiary alicyclic amines) is 1. The Morgan fingerprint density at radius 2 is 1.96 bits per heavy atom. The minimum absolute atomic E-state index is 0. The number of hydrogen-bond acceptors (Lipinski definition) is 3. The molecule has 0 spiro atoms. The average molecular weight is 432 g/mol. The van der Waals surface area contributed by atoms with Crippen LogP contribution in [0.2, 0.25) is 0 Å². The average Bonchev–Trinajstić information content (AvgIpc) is 2.76. The lowest BCUT2D eigenvalue weighted by Gasteiger charge is -2.31. The first kappa shape index (κ1) is 18.5. The van der Waals surface area contributed by atoms with Crippen molar-refractivity contribution in [2.75, 3.05) is 19.6 Å². The summed E-state index contributed by atoms with van der Waals surface area (Å²) in [5.74, 6) is 3.73. The van der Waals surface area contributed by atoms with Crippen LogP contribution in [0.5, 0.6) is 0 Å². The zero-order chi connectivity index (χ0) is 15.4. The molecular weight excluding hydrogens is 403 g/mol. The number of guanidine groups is 1. The minimum atomic E-state index is 0. The van der Waals surface area contributed by atoms with Crippen LogP contribution in [-0.2, 0) is 19.4 Å². The third kappa shape index (κ3) is 4.81. The van der Waals surface area contributed by atoms with Crippen molar-refractivity contribution in [1.29, 1.82) is 0 Å². The highest BCUT2D eigenvalue weighted by Crippen LogP contribution is 2.16. The highest BCUT2D eigenvalue weighted by Gasteiger charge is 2.17. The molecule has 23 heavy (non-hydrogen) atoms. The monoisotopic (exact) mass is 432 g/mol. The van der Waals surface area contributed by atoms with Crippen LogP contribution in [-0.4, -0.2) is 45.3 Å². The van der Waals surface area contributed by atoms with Crippen molar-refractivity contribution in [3.8, 4) is 0 Å². The van der Waals surface area contributed by atoms with Crippen molar-refractivity contribution in [2.24, 2.45) is 16.6 Å². The number of hydrogen-bond donors (Lipinski definition) is 1. The van der Waals surface area contributed by atoms with E-state index >= 15 is 0 Å². The summed E-state index contributed by atoms with van der Waals surface area (Å²) >= 11 is 0. The van der Waals surface area contributed by atoms with Crippen LogP contribution in [0.3, 0.4) is 0 Å². The zero-order valence-electron chi connectivity index (χ0n) is 14.1. The lowest BCUT2D eigenvalue weighted by atomic mass is 10.00. The molecule has 2 aliphatic heterocycles. The molecular formula is C16H29IN6. The molecule has 7 heteroatoms. The molecule has 1 fully saturated rings. The van der Waals surface area contributed by atoms with Crippen molar-refractivity contribution in [3.63, 3.8) is 0 Å². The number of nitrogens with two attached hydrogens (primary N) is 1. The van der Waals surface area contributed by atoms with Crippen LogP contribution >= 0.6 is 24.0 Å². The fourth-order valence-electron chi connectivity index (χ4n) is 3.34. The number of aliphatic imine (C=N–C) groups is 1. The summed E-state index contributed by atoms with van der Waals surface area (Å²) in [7, 11) is 0. The first-order chi connectivity index (χ1) is 10.7. The van der Waals surface area contributed by atoms with Gasteiger partial charge in [-0.15, -0.1) is 34.2 Å². The van der Waals surface area contributed by atoms with E-state index in [0.717, 1.165) is 50.0 Å². The summed E-state index contributed by atoms with van der Waals surface area (Å²) in [5.41, 5.74) is 6.13. The predicted octanol–water partition coefficient (Wildman–Crippen LogP) is 2.21. The van der Waals surface area contributed by atoms with Gasteiger partial charge in [0.05, 0.1) is 0 Å². The molecule has 0 saturated carbocycles. The molecule has 0 radical (unpaired) electrons. The van der Waals surface area contributed by atoms with Gasteiger partial charge in [0.25, 0.3) is 0 Å². The van der Waals surface area contributed by atoms with Gasteiger partial charge in [-0.05, 0) is 31.6 Å². The molecule has 1 aromatic rings. The fourth-order valence-corrected chi connectivity index (χ4v) is 3.34. The molecule has 0 bridgehead atoms. The molecule has 0 aliphatic carbocycles. The summed E-state index contributed by atoms with van der Waals surface area (Å²) in [5, 5.41) is 8.68. The van der Waals surface area contributed by atoms with Crippen molar-refractivity contribution in [2.45, 2.75) is 58.4 Å². The van der Waals surface area contributed by atoms with Crippen molar-refractivity contribution in [1.82, 2.24) is 19.7 Å². The second-order valence-electron chi connectivity index (χ2n) is 6.65. The van der Waals surface area contributed by atoms with Gasteiger partial charge < -0.3 is 15.2 Å². The van der Waals surface area contributed by atoms with Crippen molar-refractivity contribution >= 4 is 29.9 Å². The van der Waals surface area contributed by atoms with E-state index in [9.17, 15) is 0 Å². The van der Waals surface area contributed by atoms with E-state index in [-0.39, 0.29) is 24.0 Å². The molecule has 0 aromatic carbocycles. The third-order valence-corrected chi connectivity index (χ3v) is 4.90. The van der Waals surface area contributed by atoms with E-state index in [1.54, 1.807) is 0 Å². The SMILES string of the molecule is CC1CCN(C(N)=NCCc2nnc3n2CCCCC3)CC1.I. The largest absolute Gasteiger partial charge is 0.370 e. The van der Waals surface area contributed by atoms with Gasteiger partial charge in [-0.25, -0.2) is 0 Å². The Morgan fingerprint density at radius 1 is 1.17 bits per heavy atom. The second-order valence-corrected chi connectivity index (χ2v) is 6.65. The molecule has 6 nitrogen and oxygen atoms in total. The molecule has 0 unspecified atom stereocenters. The molecule has 0 atom stereocenters. The Bertz CT molecular complexity index is 519. The fraction of sp³-hybridized carbons (Fsp3) is 0.812. The molecule has 2 N–H and O–H groups in total. The van der Waals surface area contributed by atoms with E-state index in [0.29, 0.717) is 12.5 Å². The van der Waals surface area contributed by atoms with Crippen LogP contribution in [0.4, 0.5) is 0 Å². The Labute approximate surface area is 155 Å². The molecule has 0 amide bonds. The van der Waals surface area contributed by atoms with Crippen LogP contribution in [0, 0.1) is 5.92 Å². The number of aromatic nitrogens is 3. The van der Waals surface area contributed by atoms with Crippen LogP contribution in [0.15, 0.2) is 4.99 Å². The first-order valence-corrected chi connectivity index (χ1v) is 8.70. The van der Waals surface area contributed by atoms with Gasteiger partial charge in [0, 0.05) is 39.0 Å². The topological polar surface area (TPSA) is 72.3 Å².